The van der Waals surface area contributed by atoms with E-state index in [0.29, 0.717) is 6.54 Å². The summed E-state index contributed by atoms with van der Waals surface area (Å²) in [6, 6.07) is 8.26. The highest BCUT2D eigenvalue weighted by molar-refractivity contribution is 7.99. The van der Waals surface area contributed by atoms with Gasteiger partial charge in [-0.1, -0.05) is 13.0 Å². The van der Waals surface area contributed by atoms with E-state index in [9.17, 15) is 4.79 Å². The molecule has 92 valence electrons. The van der Waals surface area contributed by atoms with Gasteiger partial charge in [0.1, 0.15) is 0 Å². The summed E-state index contributed by atoms with van der Waals surface area (Å²) in [7, 11) is 1.94. The minimum Gasteiger partial charge on any atom is -0.478 e. The van der Waals surface area contributed by atoms with E-state index in [0.717, 1.165) is 17.5 Å². The molecule has 0 unspecified atom stereocenters. The molecule has 0 heterocycles. The zero-order valence-corrected chi connectivity index (χ0v) is 10.9. The predicted octanol–water partition coefficient (Wildman–Crippen LogP) is 2.88. The summed E-state index contributed by atoms with van der Waals surface area (Å²) in [5.74, 6) is 0.157. The van der Waals surface area contributed by atoms with E-state index in [1.807, 2.05) is 35.8 Å². The van der Waals surface area contributed by atoms with Crippen LogP contribution in [0.4, 0.5) is 5.69 Å². The first-order valence-corrected chi connectivity index (χ1v) is 6.45. The average molecular weight is 251 g/mol. The number of likely N-dealkylation sites (N-methyl/N-ethyl adjacent to an activating group) is 1. The quantitative estimate of drug-likeness (QED) is 0.623. The van der Waals surface area contributed by atoms with Gasteiger partial charge in [-0.15, -0.1) is 11.8 Å². The Morgan fingerprint density at radius 3 is 2.59 bits per heavy atom. The van der Waals surface area contributed by atoms with Crippen molar-refractivity contribution in [3.05, 3.63) is 36.4 Å². The van der Waals surface area contributed by atoms with Crippen molar-refractivity contribution in [1.82, 2.24) is 0 Å². The zero-order valence-electron chi connectivity index (χ0n) is 10.1. The lowest BCUT2D eigenvalue weighted by Gasteiger charge is -2.17. The standard InChI is InChI=1S/C13H17NO2S/c1-3-17-12-8-6-11(7-9-12)14(2)10-4-5-13(15)16/h4-9H,3,10H2,1-2H3,(H,15,16)/b5-4+. The van der Waals surface area contributed by atoms with Gasteiger partial charge in [0.05, 0.1) is 0 Å². The van der Waals surface area contributed by atoms with Gasteiger partial charge in [0, 0.05) is 30.3 Å². The second-order valence-electron chi connectivity index (χ2n) is 3.55. The Balaban J connectivity index is 2.57. The minimum atomic E-state index is -0.909. The molecule has 0 aliphatic heterocycles. The van der Waals surface area contributed by atoms with Crippen LogP contribution in [0.5, 0.6) is 0 Å². The summed E-state index contributed by atoms with van der Waals surface area (Å²) in [6.45, 7) is 2.72. The molecule has 1 aromatic rings. The number of carbonyl (C=O) groups is 1. The Morgan fingerprint density at radius 1 is 1.41 bits per heavy atom. The molecule has 0 aromatic heterocycles. The summed E-state index contributed by atoms with van der Waals surface area (Å²) in [5, 5.41) is 8.48. The molecule has 4 heteroatoms. The molecule has 0 amide bonds. The Bertz CT molecular complexity index is 387. The lowest BCUT2D eigenvalue weighted by Crippen LogP contribution is -2.16. The molecule has 17 heavy (non-hydrogen) atoms. The maximum Gasteiger partial charge on any atom is 0.328 e. The number of hydrogen-bond donors (Lipinski definition) is 1. The van der Waals surface area contributed by atoms with E-state index in [2.05, 4.69) is 19.1 Å². The maximum absolute atomic E-state index is 10.3. The van der Waals surface area contributed by atoms with Gasteiger partial charge in [0.2, 0.25) is 0 Å². The number of hydrogen-bond acceptors (Lipinski definition) is 3. The average Bonchev–Trinajstić information content (AvgIpc) is 2.30. The Kier molecular flexibility index (Phi) is 5.63. The fourth-order valence-electron chi connectivity index (χ4n) is 1.38. The van der Waals surface area contributed by atoms with Gasteiger partial charge >= 0.3 is 5.97 Å². The normalized spacial score (nSPS) is 10.7. The first kappa shape index (κ1) is 13.6. The smallest absolute Gasteiger partial charge is 0.328 e. The van der Waals surface area contributed by atoms with Gasteiger partial charge in [0.25, 0.3) is 0 Å². The van der Waals surface area contributed by atoms with E-state index in [1.54, 1.807) is 6.08 Å². The van der Waals surface area contributed by atoms with Crippen LogP contribution in [-0.2, 0) is 4.79 Å². The van der Waals surface area contributed by atoms with Crippen LogP contribution in [0, 0.1) is 0 Å². The summed E-state index contributed by atoms with van der Waals surface area (Å²) < 4.78 is 0. The van der Waals surface area contributed by atoms with Crippen molar-refractivity contribution >= 4 is 23.4 Å². The summed E-state index contributed by atoms with van der Waals surface area (Å²) >= 11 is 1.81. The van der Waals surface area contributed by atoms with Crippen molar-refractivity contribution in [1.29, 1.82) is 0 Å². The van der Waals surface area contributed by atoms with Gasteiger partial charge in [-0.3, -0.25) is 0 Å². The zero-order chi connectivity index (χ0) is 12.7. The SMILES string of the molecule is CCSc1ccc(N(C)C/C=C/C(=O)O)cc1. The molecule has 0 saturated carbocycles. The monoisotopic (exact) mass is 251 g/mol. The number of benzene rings is 1. The van der Waals surface area contributed by atoms with Crippen LogP contribution >= 0.6 is 11.8 Å². The second-order valence-corrected chi connectivity index (χ2v) is 4.89. The summed E-state index contributed by atoms with van der Waals surface area (Å²) in [4.78, 5) is 13.6. The molecule has 0 saturated heterocycles. The van der Waals surface area contributed by atoms with E-state index in [4.69, 9.17) is 5.11 Å². The second kappa shape index (κ2) is 7.01. The van der Waals surface area contributed by atoms with E-state index >= 15 is 0 Å². The van der Waals surface area contributed by atoms with Crippen LogP contribution in [0.2, 0.25) is 0 Å². The fourth-order valence-corrected chi connectivity index (χ4v) is 2.04. The van der Waals surface area contributed by atoms with Gasteiger partial charge in [-0.2, -0.15) is 0 Å². The van der Waals surface area contributed by atoms with Crippen molar-refractivity contribution in [2.75, 3.05) is 24.2 Å². The van der Waals surface area contributed by atoms with Crippen molar-refractivity contribution < 1.29 is 9.90 Å². The van der Waals surface area contributed by atoms with Crippen molar-refractivity contribution in [3.8, 4) is 0 Å². The Morgan fingerprint density at radius 2 is 2.06 bits per heavy atom. The van der Waals surface area contributed by atoms with Crippen LogP contribution < -0.4 is 4.90 Å². The fraction of sp³-hybridized carbons (Fsp3) is 0.308. The van der Waals surface area contributed by atoms with E-state index in [-0.39, 0.29) is 0 Å². The molecule has 0 aliphatic rings. The van der Waals surface area contributed by atoms with Gasteiger partial charge in [0.15, 0.2) is 0 Å². The molecule has 1 rings (SSSR count). The molecule has 0 radical (unpaired) electrons. The van der Waals surface area contributed by atoms with Crippen LogP contribution in [0.25, 0.3) is 0 Å². The van der Waals surface area contributed by atoms with Crippen molar-refractivity contribution in [2.24, 2.45) is 0 Å². The lowest BCUT2D eigenvalue weighted by molar-refractivity contribution is -0.131. The first-order valence-electron chi connectivity index (χ1n) is 5.47. The Labute approximate surface area is 106 Å². The third-order valence-electron chi connectivity index (χ3n) is 2.23. The number of carboxylic acids is 1. The molecule has 0 fully saturated rings. The topological polar surface area (TPSA) is 40.5 Å². The van der Waals surface area contributed by atoms with Gasteiger partial charge in [-0.25, -0.2) is 4.79 Å². The van der Waals surface area contributed by atoms with Crippen LogP contribution in [-0.4, -0.2) is 30.4 Å². The van der Waals surface area contributed by atoms with E-state index < -0.39 is 5.97 Å². The molecular weight excluding hydrogens is 234 g/mol. The van der Waals surface area contributed by atoms with Gasteiger partial charge in [-0.05, 0) is 30.0 Å². The predicted molar refractivity (Wildman–Crippen MR) is 72.9 cm³/mol. The number of nitrogens with zero attached hydrogens (tertiary/aromatic N) is 1. The lowest BCUT2D eigenvalue weighted by atomic mass is 10.3. The van der Waals surface area contributed by atoms with E-state index in [1.165, 1.54) is 4.90 Å². The summed E-state index contributed by atoms with van der Waals surface area (Å²) in [6.07, 6.45) is 2.80. The molecule has 0 spiro atoms. The highest BCUT2D eigenvalue weighted by atomic mass is 32.2. The van der Waals surface area contributed by atoms with Gasteiger partial charge < -0.3 is 10.0 Å². The number of carboxylic acid groups (broad SMARTS) is 1. The highest BCUT2D eigenvalue weighted by Gasteiger charge is 1.99. The highest BCUT2D eigenvalue weighted by Crippen LogP contribution is 2.21. The number of thioether (sulfide) groups is 1. The van der Waals surface area contributed by atoms with Crippen LogP contribution in [0.3, 0.4) is 0 Å². The van der Waals surface area contributed by atoms with Crippen molar-refractivity contribution in [3.63, 3.8) is 0 Å². The number of aliphatic carboxylic acids is 1. The molecule has 0 atom stereocenters. The molecule has 3 nitrogen and oxygen atoms in total. The first-order chi connectivity index (χ1) is 8.13. The largest absolute Gasteiger partial charge is 0.478 e. The Hall–Kier alpha value is -1.42. The third kappa shape index (κ3) is 4.95. The number of anilines is 1. The third-order valence-corrected chi connectivity index (χ3v) is 3.12. The molecule has 1 N–H and O–H groups in total. The minimum absolute atomic E-state index is 0.590. The van der Waals surface area contributed by atoms with Crippen LogP contribution in [0.1, 0.15) is 6.92 Å². The number of rotatable bonds is 6. The molecule has 1 aromatic carbocycles. The maximum atomic E-state index is 10.3. The van der Waals surface area contributed by atoms with Crippen LogP contribution in [0.15, 0.2) is 41.3 Å². The summed E-state index contributed by atoms with van der Waals surface area (Å²) in [5.41, 5.74) is 1.08. The van der Waals surface area contributed by atoms with Crippen molar-refractivity contribution in [2.45, 2.75) is 11.8 Å². The molecule has 0 aliphatic carbocycles. The molecular formula is C13H17NO2S. The molecule has 0 bridgehead atoms.